The fraction of sp³-hybridized carbons (Fsp3) is 0.500. The van der Waals surface area contributed by atoms with Crippen molar-refractivity contribution in [2.24, 2.45) is 0 Å². The Morgan fingerprint density at radius 1 is 1.69 bits per heavy atom. The Morgan fingerprint density at radius 3 is 2.85 bits per heavy atom. The molecule has 0 bridgehead atoms. The van der Waals surface area contributed by atoms with E-state index in [1.807, 2.05) is 6.92 Å². The van der Waals surface area contributed by atoms with Gasteiger partial charge in [-0.3, -0.25) is 5.10 Å². The van der Waals surface area contributed by atoms with Crippen LogP contribution in [0.4, 0.5) is 0 Å². The predicted octanol–water partition coefficient (Wildman–Crippen LogP) is 1.14. The monoisotopic (exact) mass is 200 g/mol. The van der Waals surface area contributed by atoms with Gasteiger partial charge < -0.3 is 5.11 Å². The van der Waals surface area contributed by atoms with Crippen molar-refractivity contribution in [3.8, 4) is 0 Å². The molecule has 0 amide bonds. The van der Waals surface area contributed by atoms with Crippen molar-refractivity contribution in [3.05, 3.63) is 17.0 Å². The summed E-state index contributed by atoms with van der Waals surface area (Å²) in [6.07, 6.45) is 1.24. The highest BCUT2D eigenvalue weighted by molar-refractivity contribution is 7.80. The van der Waals surface area contributed by atoms with Gasteiger partial charge in [-0.2, -0.15) is 17.7 Å². The average Bonchev–Trinajstić information content (AvgIpc) is 2.48. The largest absolute Gasteiger partial charge is 0.478 e. The molecule has 1 aromatic heterocycles. The van der Waals surface area contributed by atoms with Gasteiger partial charge in [-0.1, -0.05) is 6.92 Å². The van der Waals surface area contributed by atoms with Gasteiger partial charge in [0.25, 0.3) is 0 Å². The minimum absolute atomic E-state index is 0.316. The zero-order valence-corrected chi connectivity index (χ0v) is 8.27. The molecule has 0 saturated carbocycles. The summed E-state index contributed by atoms with van der Waals surface area (Å²) < 4.78 is 0. The summed E-state index contributed by atoms with van der Waals surface area (Å²) in [5, 5.41) is 15.6. The molecule has 0 unspecified atom stereocenters. The van der Waals surface area contributed by atoms with E-state index in [2.05, 4.69) is 22.8 Å². The molecule has 0 spiro atoms. The van der Waals surface area contributed by atoms with Crippen LogP contribution in [0.1, 0.15) is 28.7 Å². The minimum atomic E-state index is -0.914. The number of carboxylic acids is 1. The van der Waals surface area contributed by atoms with Crippen LogP contribution in [-0.2, 0) is 12.8 Å². The first kappa shape index (κ1) is 10.1. The van der Waals surface area contributed by atoms with Crippen molar-refractivity contribution in [1.29, 1.82) is 0 Å². The summed E-state index contributed by atoms with van der Waals surface area (Å²) in [6.45, 7) is 1.88. The molecule has 0 radical (unpaired) electrons. The molecule has 0 atom stereocenters. The molecule has 0 aliphatic heterocycles. The molecule has 2 N–H and O–H groups in total. The van der Waals surface area contributed by atoms with E-state index < -0.39 is 5.97 Å². The smallest absolute Gasteiger partial charge is 0.339 e. The number of thiol groups is 1. The standard InChI is InChI=1S/C8H12N2O2S/c1-2-5-7(8(11)12)6(3-4-13)10-9-5/h13H,2-4H2,1H3,(H,9,10)(H,11,12). The van der Waals surface area contributed by atoms with E-state index in [9.17, 15) is 4.79 Å². The molecular formula is C8H12N2O2S. The molecular weight excluding hydrogens is 188 g/mol. The molecule has 1 heterocycles. The lowest BCUT2D eigenvalue weighted by Crippen LogP contribution is -2.03. The van der Waals surface area contributed by atoms with Crippen molar-refractivity contribution in [3.63, 3.8) is 0 Å². The summed E-state index contributed by atoms with van der Waals surface area (Å²) in [4.78, 5) is 10.9. The SMILES string of the molecule is CCc1n[nH]c(CCS)c1C(=O)O. The van der Waals surface area contributed by atoms with Crippen LogP contribution in [0.25, 0.3) is 0 Å². The second-order valence-corrected chi connectivity index (χ2v) is 3.10. The molecule has 13 heavy (non-hydrogen) atoms. The quantitative estimate of drug-likeness (QED) is 0.638. The molecule has 1 aromatic rings. The minimum Gasteiger partial charge on any atom is -0.478 e. The van der Waals surface area contributed by atoms with Gasteiger partial charge in [0.05, 0.1) is 11.4 Å². The van der Waals surface area contributed by atoms with E-state index in [4.69, 9.17) is 5.11 Å². The van der Waals surface area contributed by atoms with E-state index in [0.29, 0.717) is 35.5 Å². The lowest BCUT2D eigenvalue weighted by Gasteiger charge is -1.96. The lowest BCUT2D eigenvalue weighted by molar-refractivity contribution is 0.0694. The molecule has 0 saturated heterocycles. The zero-order chi connectivity index (χ0) is 9.84. The van der Waals surface area contributed by atoms with Crippen molar-refractivity contribution < 1.29 is 9.90 Å². The van der Waals surface area contributed by atoms with Crippen molar-refractivity contribution in [1.82, 2.24) is 10.2 Å². The van der Waals surface area contributed by atoms with Crippen LogP contribution in [0.5, 0.6) is 0 Å². The molecule has 0 fully saturated rings. The number of carboxylic acid groups (broad SMARTS) is 1. The fourth-order valence-electron chi connectivity index (χ4n) is 1.22. The molecule has 0 aromatic carbocycles. The molecule has 4 nitrogen and oxygen atoms in total. The molecule has 0 aliphatic rings. The van der Waals surface area contributed by atoms with Crippen LogP contribution < -0.4 is 0 Å². The highest BCUT2D eigenvalue weighted by Crippen LogP contribution is 2.12. The second kappa shape index (κ2) is 4.32. The molecule has 5 heteroatoms. The highest BCUT2D eigenvalue weighted by Gasteiger charge is 2.17. The number of nitrogens with one attached hydrogen (secondary N) is 1. The lowest BCUT2D eigenvalue weighted by atomic mass is 10.1. The Morgan fingerprint density at radius 2 is 2.38 bits per heavy atom. The summed E-state index contributed by atoms with van der Waals surface area (Å²) in [6, 6.07) is 0. The zero-order valence-electron chi connectivity index (χ0n) is 7.37. The number of H-pyrrole nitrogens is 1. The van der Waals surface area contributed by atoms with Crippen molar-refractivity contribution in [2.45, 2.75) is 19.8 Å². The maximum absolute atomic E-state index is 10.9. The number of aromatic amines is 1. The van der Waals surface area contributed by atoms with Crippen LogP contribution in [-0.4, -0.2) is 27.0 Å². The van der Waals surface area contributed by atoms with Gasteiger partial charge in [0, 0.05) is 0 Å². The summed E-state index contributed by atoms with van der Waals surface area (Å²) in [5.41, 5.74) is 1.60. The van der Waals surface area contributed by atoms with E-state index in [-0.39, 0.29) is 0 Å². The van der Waals surface area contributed by atoms with Gasteiger partial charge in [-0.25, -0.2) is 4.79 Å². The first-order valence-corrected chi connectivity index (χ1v) is 4.74. The van der Waals surface area contributed by atoms with Crippen LogP contribution in [0.2, 0.25) is 0 Å². The Labute approximate surface area is 81.8 Å². The summed E-state index contributed by atoms with van der Waals surface area (Å²) >= 11 is 4.05. The van der Waals surface area contributed by atoms with Gasteiger partial charge in [0.2, 0.25) is 0 Å². The van der Waals surface area contributed by atoms with Crippen molar-refractivity contribution in [2.75, 3.05) is 5.75 Å². The first-order chi connectivity index (χ1) is 6.20. The van der Waals surface area contributed by atoms with Crippen LogP contribution >= 0.6 is 12.6 Å². The van der Waals surface area contributed by atoms with Gasteiger partial charge in [-0.15, -0.1) is 0 Å². The van der Waals surface area contributed by atoms with Crippen LogP contribution in [0, 0.1) is 0 Å². The first-order valence-electron chi connectivity index (χ1n) is 4.11. The van der Waals surface area contributed by atoms with Crippen LogP contribution in [0.3, 0.4) is 0 Å². The second-order valence-electron chi connectivity index (χ2n) is 2.66. The van der Waals surface area contributed by atoms with E-state index in [1.54, 1.807) is 0 Å². The number of aromatic carboxylic acids is 1. The Kier molecular flexibility index (Phi) is 3.36. The van der Waals surface area contributed by atoms with Gasteiger partial charge in [0.1, 0.15) is 5.56 Å². The maximum Gasteiger partial charge on any atom is 0.339 e. The van der Waals surface area contributed by atoms with E-state index >= 15 is 0 Å². The number of aromatic nitrogens is 2. The number of aryl methyl sites for hydroxylation is 2. The number of rotatable bonds is 4. The maximum atomic E-state index is 10.9. The molecule has 1 rings (SSSR count). The number of nitrogens with zero attached hydrogens (tertiary/aromatic N) is 1. The van der Waals surface area contributed by atoms with Crippen molar-refractivity contribution >= 4 is 18.6 Å². The third-order valence-corrected chi connectivity index (χ3v) is 2.05. The third-order valence-electron chi connectivity index (χ3n) is 1.83. The highest BCUT2D eigenvalue weighted by atomic mass is 32.1. The van der Waals surface area contributed by atoms with Gasteiger partial charge in [-0.05, 0) is 18.6 Å². The van der Waals surface area contributed by atoms with Crippen LogP contribution in [0.15, 0.2) is 0 Å². The van der Waals surface area contributed by atoms with Gasteiger partial charge >= 0.3 is 5.97 Å². The predicted molar refractivity (Wildman–Crippen MR) is 52.5 cm³/mol. The van der Waals surface area contributed by atoms with E-state index in [0.717, 1.165) is 0 Å². The fourth-order valence-corrected chi connectivity index (χ4v) is 1.45. The number of hydrogen-bond acceptors (Lipinski definition) is 3. The van der Waals surface area contributed by atoms with Gasteiger partial charge in [0.15, 0.2) is 0 Å². The topological polar surface area (TPSA) is 66.0 Å². The Bertz CT molecular complexity index is 309. The normalized spacial score (nSPS) is 10.3. The number of carbonyl (C=O) groups is 1. The number of hydrogen-bond donors (Lipinski definition) is 3. The Balaban J connectivity index is 3.06. The third kappa shape index (κ3) is 2.03. The summed E-state index contributed by atoms with van der Waals surface area (Å²) in [7, 11) is 0. The van der Waals surface area contributed by atoms with E-state index in [1.165, 1.54) is 0 Å². The molecule has 0 aliphatic carbocycles. The Hall–Kier alpha value is -0.970. The molecule has 72 valence electrons. The average molecular weight is 200 g/mol. The summed E-state index contributed by atoms with van der Waals surface area (Å²) in [5.74, 6) is -0.298.